The second kappa shape index (κ2) is 10.2. The Balaban J connectivity index is 1.72. The average molecular weight is 475 g/mol. The molecule has 0 spiro atoms. The van der Waals surface area contributed by atoms with Crippen LogP contribution >= 0.6 is 27.3 Å². The molecular formula is C20H19BrN4O3S. The number of carbonyl (C=O) groups is 2. The SMILES string of the molecule is COCC(=O)NC(Cc1ccccc1)C(=O)Nc1nnc(-c2cccc(Br)c2)s1. The molecule has 7 nitrogen and oxygen atoms in total. The van der Waals surface area contributed by atoms with Crippen LogP contribution in [-0.2, 0) is 20.7 Å². The number of hydrogen-bond acceptors (Lipinski definition) is 6. The largest absolute Gasteiger partial charge is 0.375 e. The summed E-state index contributed by atoms with van der Waals surface area (Å²) >= 11 is 4.69. The van der Waals surface area contributed by atoms with Gasteiger partial charge in [-0.15, -0.1) is 10.2 Å². The maximum atomic E-state index is 12.8. The van der Waals surface area contributed by atoms with E-state index in [2.05, 4.69) is 36.8 Å². The van der Waals surface area contributed by atoms with Crippen LogP contribution in [-0.4, -0.2) is 41.8 Å². The van der Waals surface area contributed by atoms with Gasteiger partial charge in [0, 0.05) is 23.6 Å². The molecule has 2 amide bonds. The third-order valence-electron chi connectivity index (χ3n) is 3.94. The van der Waals surface area contributed by atoms with Crippen molar-refractivity contribution in [2.24, 2.45) is 0 Å². The lowest BCUT2D eigenvalue weighted by atomic mass is 10.1. The van der Waals surface area contributed by atoms with Gasteiger partial charge in [-0.2, -0.15) is 0 Å². The molecule has 2 N–H and O–H groups in total. The normalized spacial score (nSPS) is 11.7. The topological polar surface area (TPSA) is 93.2 Å². The van der Waals surface area contributed by atoms with Crippen LogP contribution in [0.2, 0.25) is 0 Å². The summed E-state index contributed by atoms with van der Waals surface area (Å²) in [5, 5.41) is 14.7. The Kier molecular flexibility index (Phi) is 7.45. The van der Waals surface area contributed by atoms with Crippen LogP contribution in [0.15, 0.2) is 59.1 Å². The Morgan fingerprint density at radius 1 is 1.14 bits per heavy atom. The minimum absolute atomic E-state index is 0.121. The smallest absolute Gasteiger partial charge is 0.249 e. The average Bonchev–Trinajstić information content (AvgIpc) is 3.17. The van der Waals surface area contributed by atoms with Gasteiger partial charge in [0.25, 0.3) is 0 Å². The van der Waals surface area contributed by atoms with E-state index in [1.54, 1.807) is 0 Å². The molecule has 1 heterocycles. The third kappa shape index (κ3) is 6.18. The van der Waals surface area contributed by atoms with Crippen molar-refractivity contribution < 1.29 is 14.3 Å². The Hall–Kier alpha value is -2.62. The fourth-order valence-electron chi connectivity index (χ4n) is 2.63. The molecule has 0 aliphatic heterocycles. The summed E-state index contributed by atoms with van der Waals surface area (Å²) in [6, 6.07) is 16.4. The van der Waals surface area contributed by atoms with Crippen LogP contribution in [0.1, 0.15) is 5.56 Å². The van der Waals surface area contributed by atoms with Crippen molar-refractivity contribution >= 4 is 44.2 Å². The Morgan fingerprint density at radius 3 is 2.66 bits per heavy atom. The summed E-state index contributed by atoms with van der Waals surface area (Å²) < 4.78 is 5.78. The van der Waals surface area contributed by atoms with E-state index in [1.165, 1.54) is 18.4 Å². The lowest BCUT2D eigenvalue weighted by Crippen LogP contribution is -2.46. The first-order chi connectivity index (χ1) is 14.0. The van der Waals surface area contributed by atoms with Gasteiger partial charge in [0.2, 0.25) is 16.9 Å². The molecule has 1 aromatic heterocycles. The number of nitrogens with zero attached hydrogens (tertiary/aromatic N) is 2. The number of ether oxygens (including phenoxy) is 1. The van der Waals surface area contributed by atoms with Crippen LogP contribution in [0, 0.1) is 0 Å². The van der Waals surface area contributed by atoms with Gasteiger partial charge in [0.15, 0.2) is 0 Å². The molecule has 0 fully saturated rings. The van der Waals surface area contributed by atoms with Crippen molar-refractivity contribution in [2.45, 2.75) is 12.5 Å². The molecular weight excluding hydrogens is 456 g/mol. The molecule has 3 aromatic rings. The first-order valence-electron chi connectivity index (χ1n) is 8.77. The number of rotatable bonds is 8. The predicted molar refractivity (Wildman–Crippen MR) is 116 cm³/mol. The van der Waals surface area contributed by atoms with Crippen molar-refractivity contribution in [3.63, 3.8) is 0 Å². The predicted octanol–water partition coefficient (Wildman–Crippen LogP) is 3.28. The summed E-state index contributed by atoms with van der Waals surface area (Å²) in [6.07, 6.45) is 0.347. The first-order valence-corrected chi connectivity index (χ1v) is 10.4. The molecule has 0 aliphatic rings. The molecule has 1 atom stereocenters. The third-order valence-corrected chi connectivity index (χ3v) is 5.32. The van der Waals surface area contributed by atoms with Gasteiger partial charge in [-0.1, -0.05) is 69.7 Å². The molecule has 0 radical (unpaired) electrons. The number of methoxy groups -OCH3 is 1. The standard InChI is InChI=1S/C20H19BrN4O3S/c1-28-12-17(26)22-16(10-13-6-3-2-4-7-13)18(27)23-20-25-24-19(29-20)14-8-5-9-15(21)11-14/h2-9,11,16H,10,12H2,1H3,(H,22,26)(H,23,25,27). The zero-order chi connectivity index (χ0) is 20.6. The van der Waals surface area contributed by atoms with Crippen molar-refractivity contribution in [3.05, 3.63) is 64.6 Å². The molecule has 0 aliphatic carbocycles. The first kappa shape index (κ1) is 21.1. The molecule has 3 rings (SSSR count). The molecule has 1 unspecified atom stereocenters. The molecule has 150 valence electrons. The maximum absolute atomic E-state index is 12.8. The fourth-order valence-corrected chi connectivity index (χ4v) is 3.77. The van der Waals surface area contributed by atoms with Gasteiger partial charge in [-0.3, -0.25) is 14.9 Å². The van der Waals surface area contributed by atoms with Crippen LogP contribution in [0.3, 0.4) is 0 Å². The monoisotopic (exact) mass is 474 g/mol. The van der Waals surface area contributed by atoms with Crippen LogP contribution in [0.5, 0.6) is 0 Å². The van der Waals surface area contributed by atoms with Gasteiger partial charge in [-0.05, 0) is 17.7 Å². The van der Waals surface area contributed by atoms with E-state index < -0.39 is 6.04 Å². The van der Waals surface area contributed by atoms with E-state index in [-0.39, 0.29) is 18.4 Å². The molecule has 2 aromatic carbocycles. The molecule has 0 saturated carbocycles. The van der Waals surface area contributed by atoms with E-state index >= 15 is 0 Å². The van der Waals surface area contributed by atoms with Crippen molar-refractivity contribution in [1.82, 2.24) is 15.5 Å². The molecule has 9 heteroatoms. The van der Waals surface area contributed by atoms with Gasteiger partial charge in [0.05, 0.1) is 0 Å². The number of aromatic nitrogens is 2. The number of benzene rings is 2. The highest BCUT2D eigenvalue weighted by molar-refractivity contribution is 9.10. The fraction of sp³-hybridized carbons (Fsp3) is 0.200. The lowest BCUT2D eigenvalue weighted by Gasteiger charge is -2.17. The minimum atomic E-state index is -0.765. The highest BCUT2D eigenvalue weighted by atomic mass is 79.9. The van der Waals surface area contributed by atoms with Crippen molar-refractivity contribution in [1.29, 1.82) is 0 Å². The van der Waals surface area contributed by atoms with Gasteiger partial charge < -0.3 is 10.1 Å². The van der Waals surface area contributed by atoms with Crippen molar-refractivity contribution in [2.75, 3.05) is 19.0 Å². The number of halogens is 1. The second-order valence-electron chi connectivity index (χ2n) is 6.15. The second-order valence-corrected chi connectivity index (χ2v) is 8.05. The summed E-state index contributed by atoms with van der Waals surface area (Å²) in [6.45, 7) is -0.121. The van der Waals surface area contributed by atoms with Gasteiger partial charge in [0.1, 0.15) is 17.7 Å². The number of carbonyl (C=O) groups excluding carboxylic acids is 2. The zero-order valence-electron chi connectivity index (χ0n) is 15.6. The number of amides is 2. The Morgan fingerprint density at radius 2 is 1.93 bits per heavy atom. The van der Waals surface area contributed by atoms with Crippen LogP contribution in [0.25, 0.3) is 10.6 Å². The quantitative estimate of drug-likeness (QED) is 0.522. The number of hydrogen-bond donors (Lipinski definition) is 2. The maximum Gasteiger partial charge on any atom is 0.249 e. The zero-order valence-corrected chi connectivity index (χ0v) is 18.0. The van der Waals surface area contributed by atoms with Gasteiger partial charge in [-0.25, -0.2) is 0 Å². The van der Waals surface area contributed by atoms with E-state index in [1.807, 2.05) is 54.6 Å². The van der Waals surface area contributed by atoms with Crippen molar-refractivity contribution in [3.8, 4) is 10.6 Å². The summed E-state index contributed by atoms with van der Waals surface area (Å²) in [5.41, 5.74) is 1.82. The Bertz CT molecular complexity index is 981. The highest BCUT2D eigenvalue weighted by Gasteiger charge is 2.22. The minimum Gasteiger partial charge on any atom is -0.375 e. The Labute approximate surface area is 180 Å². The van der Waals surface area contributed by atoms with E-state index in [4.69, 9.17) is 4.74 Å². The number of nitrogens with one attached hydrogen (secondary N) is 2. The number of anilines is 1. The lowest BCUT2D eigenvalue weighted by molar-refractivity contribution is -0.129. The van der Waals surface area contributed by atoms with E-state index in [9.17, 15) is 9.59 Å². The van der Waals surface area contributed by atoms with Crippen LogP contribution in [0.4, 0.5) is 5.13 Å². The molecule has 0 bridgehead atoms. The summed E-state index contributed by atoms with van der Waals surface area (Å²) in [4.78, 5) is 24.8. The highest BCUT2D eigenvalue weighted by Crippen LogP contribution is 2.28. The van der Waals surface area contributed by atoms with E-state index in [0.29, 0.717) is 16.6 Å². The molecule has 0 saturated heterocycles. The summed E-state index contributed by atoms with van der Waals surface area (Å²) in [7, 11) is 1.43. The van der Waals surface area contributed by atoms with Crippen LogP contribution < -0.4 is 10.6 Å². The molecule has 29 heavy (non-hydrogen) atoms. The summed E-state index contributed by atoms with van der Waals surface area (Å²) in [5.74, 6) is -0.731. The van der Waals surface area contributed by atoms with Gasteiger partial charge >= 0.3 is 0 Å². The van der Waals surface area contributed by atoms with E-state index in [0.717, 1.165) is 15.6 Å².